The third-order valence-corrected chi connectivity index (χ3v) is 7.50. The number of hydrogen-bond donors (Lipinski definition) is 1. The molecular formula is C20H16N2O4S2. The van der Waals surface area contributed by atoms with E-state index in [1.165, 1.54) is 17.4 Å². The van der Waals surface area contributed by atoms with Crippen LogP contribution in [0.5, 0.6) is 0 Å². The molecule has 2 aliphatic rings. The Labute approximate surface area is 169 Å². The van der Waals surface area contributed by atoms with Gasteiger partial charge in [0.1, 0.15) is 11.1 Å². The van der Waals surface area contributed by atoms with E-state index in [-0.39, 0.29) is 23.8 Å². The first-order valence-corrected chi connectivity index (χ1v) is 10.6. The predicted molar refractivity (Wildman–Crippen MR) is 106 cm³/mol. The summed E-state index contributed by atoms with van der Waals surface area (Å²) in [6.45, 7) is 0. The van der Waals surface area contributed by atoms with Crippen molar-refractivity contribution < 1.29 is 19.5 Å². The van der Waals surface area contributed by atoms with Gasteiger partial charge in [-0.15, -0.1) is 23.1 Å². The predicted octanol–water partition coefficient (Wildman–Crippen LogP) is 3.62. The molecule has 142 valence electrons. The van der Waals surface area contributed by atoms with Gasteiger partial charge in [-0.2, -0.15) is 5.26 Å². The highest BCUT2D eigenvalue weighted by molar-refractivity contribution is 8.00. The van der Waals surface area contributed by atoms with Crippen LogP contribution < -0.4 is 4.90 Å². The maximum atomic E-state index is 13.0. The molecule has 1 atom stereocenters. The van der Waals surface area contributed by atoms with Gasteiger partial charge in [0, 0.05) is 16.2 Å². The summed E-state index contributed by atoms with van der Waals surface area (Å²) in [5, 5.41) is 18.7. The molecule has 0 unspecified atom stereocenters. The van der Waals surface area contributed by atoms with Crippen LogP contribution in [-0.4, -0.2) is 28.1 Å². The third-order valence-electron chi connectivity index (χ3n) is 4.96. The summed E-state index contributed by atoms with van der Waals surface area (Å²) in [6, 6.07) is 8.63. The molecule has 1 aromatic heterocycles. The first-order chi connectivity index (χ1) is 13.5. The van der Waals surface area contributed by atoms with E-state index in [1.807, 2.05) is 0 Å². The van der Waals surface area contributed by atoms with Crippen LogP contribution in [0.1, 0.15) is 45.6 Å². The molecule has 0 bridgehead atoms. The highest BCUT2D eigenvalue weighted by Crippen LogP contribution is 2.43. The smallest absolute Gasteiger partial charge is 0.336 e. The lowest BCUT2D eigenvalue weighted by atomic mass is 9.96. The summed E-state index contributed by atoms with van der Waals surface area (Å²) < 4.78 is 0. The van der Waals surface area contributed by atoms with Crippen molar-refractivity contribution in [1.29, 1.82) is 5.26 Å². The van der Waals surface area contributed by atoms with Crippen molar-refractivity contribution in [3.05, 3.63) is 45.8 Å². The molecule has 0 spiro atoms. The summed E-state index contributed by atoms with van der Waals surface area (Å²) in [5.41, 5.74) is 1.52. The molecule has 1 saturated heterocycles. The Bertz CT molecular complexity index is 1040. The third kappa shape index (κ3) is 3.11. The van der Waals surface area contributed by atoms with Gasteiger partial charge in [0.25, 0.3) is 0 Å². The lowest BCUT2D eigenvalue weighted by molar-refractivity contribution is -0.121. The van der Waals surface area contributed by atoms with Gasteiger partial charge in [-0.3, -0.25) is 9.59 Å². The van der Waals surface area contributed by atoms with Gasteiger partial charge in [-0.05, 0) is 43.4 Å². The molecule has 1 fully saturated rings. The summed E-state index contributed by atoms with van der Waals surface area (Å²) in [4.78, 5) is 39.8. The lowest BCUT2D eigenvalue weighted by Gasteiger charge is -2.14. The van der Waals surface area contributed by atoms with E-state index in [9.17, 15) is 24.8 Å². The highest BCUT2D eigenvalue weighted by atomic mass is 32.2. The molecule has 6 nitrogen and oxygen atoms in total. The van der Waals surface area contributed by atoms with Gasteiger partial charge < -0.3 is 5.11 Å². The average molecular weight is 412 g/mol. The minimum Gasteiger partial charge on any atom is -0.478 e. The second-order valence-electron chi connectivity index (χ2n) is 6.68. The van der Waals surface area contributed by atoms with E-state index < -0.39 is 11.2 Å². The second kappa shape index (κ2) is 7.41. The number of aromatic carboxylic acids is 1. The summed E-state index contributed by atoms with van der Waals surface area (Å²) in [6.07, 6.45) is 3.71. The van der Waals surface area contributed by atoms with Gasteiger partial charge >= 0.3 is 5.97 Å². The fourth-order valence-electron chi connectivity index (χ4n) is 3.63. The van der Waals surface area contributed by atoms with Gasteiger partial charge in [0.05, 0.1) is 16.4 Å². The fraction of sp³-hybridized carbons (Fsp3) is 0.300. The molecule has 0 saturated carbocycles. The molecule has 1 N–H and O–H groups in total. The Kier molecular flexibility index (Phi) is 4.96. The molecule has 2 aromatic rings. The summed E-state index contributed by atoms with van der Waals surface area (Å²) in [7, 11) is 0. The maximum Gasteiger partial charge on any atom is 0.336 e. The molecule has 8 heteroatoms. The van der Waals surface area contributed by atoms with Crippen LogP contribution in [-0.2, 0) is 22.4 Å². The molecule has 28 heavy (non-hydrogen) atoms. The molecule has 1 aliphatic carbocycles. The van der Waals surface area contributed by atoms with Crippen LogP contribution in [0.3, 0.4) is 0 Å². The first-order valence-electron chi connectivity index (χ1n) is 8.91. The molecule has 2 heterocycles. The molecular weight excluding hydrogens is 396 g/mol. The lowest BCUT2D eigenvalue weighted by Crippen LogP contribution is -2.31. The summed E-state index contributed by atoms with van der Waals surface area (Å²) >= 11 is 2.46. The monoisotopic (exact) mass is 412 g/mol. The van der Waals surface area contributed by atoms with E-state index in [0.717, 1.165) is 52.8 Å². The van der Waals surface area contributed by atoms with Crippen LogP contribution in [0.2, 0.25) is 0 Å². The van der Waals surface area contributed by atoms with Gasteiger partial charge in [-0.25, -0.2) is 9.69 Å². The standard InChI is InChI=1S/C20H16N2O4S2/c21-10-13-11-5-1-3-7-14(11)28-19(13)22-17(23)9-16(18(22)24)27-15-8-4-2-6-12(15)20(25)26/h2,4,6,8,16H,1,3,5,7,9H2,(H,25,26)/t16-/m0/s1. The van der Waals surface area contributed by atoms with Crippen LogP contribution in [0.15, 0.2) is 29.2 Å². The van der Waals surface area contributed by atoms with Crippen molar-refractivity contribution >= 4 is 45.9 Å². The van der Waals surface area contributed by atoms with Gasteiger partial charge in [0.2, 0.25) is 11.8 Å². The maximum absolute atomic E-state index is 13.0. The number of anilines is 1. The van der Waals surface area contributed by atoms with Crippen molar-refractivity contribution in [1.82, 2.24) is 0 Å². The molecule has 1 aromatic carbocycles. The molecule has 2 amide bonds. The Morgan fingerprint density at radius 3 is 2.75 bits per heavy atom. The number of carboxylic acid groups (broad SMARTS) is 1. The number of benzene rings is 1. The number of carbonyl (C=O) groups excluding carboxylic acids is 2. The van der Waals surface area contributed by atoms with Crippen LogP contribution >= 0.6 is 23.1 Å². The Morgan fingerprint density at radius 2 is 2.00 bits per heavy atom. The zero-order chi connectivity index (χ0) is 19.8. The zero-order valence-electron chi connectivity index (χ0n) is 14.8. The van der Waals surface area contributed by atoms with Crippen LogP contribution in [0, 0.1) is 11.3 Å². The molecule has 1 aliphatic heterocycles. The number of imide groups is 1. The number of rotatable bonds is 4. The minimum absolute atomic E-state index is 0.00904. The second-order valence-corrected chi connectivity index (χ2v) is 9.01. The summed E-state index contributed by atoms with van der Waals surface area (Å²) in [5.74, 6) is -1.80. The number of fused-ring (bicyclic) bond motifs is 1. The van der Waals surface area contributed by atoms with Crippen molar-refractivity contribution in [2.75, 3.05) is 4.90 Å². The normalized spacial score (nSPS) is 18.8. The van der Waals surface area contributed by atoms with Crippen LogP contribution in [0.4, 0.5) is 5.00 Å². The Morgan fingerprint density at radius 1 is 1.25 bits per heavy atom. The van der Waals surface area contributed by atoms with Crippen molar-refractivity contribution in [2.24, 2.45) is 0 Å². The number of hydrogen-bond acceptors (Lipinski definition) is 6. The number of nitriles is 1. The first kappa shape index (κ1) is 18.7. The van der Waals surface area contributed by atoms with Crippen molar-refractivity contribution in [3.63, 3.8) is 0 Å². The SMILES string of the molecule is N#Cc1c(N2C(=O)C[C@H](Sc3ccccc3C(=O)O)C2=O)sc2c1CCCC2. The number of carboxylic acids is 1. The molecule has 0 radical (unpaired) electrons. The van der Waals surface area contributed by atoms with E-state index in [1.54, 1.807) is 18.2 Å². The van der Waals surface area contributed by atoms with Crippen LogP contribution in [0.25, 0.3) is 0 Å². The number of amides is 2. The number of thioether (sulfide) groups is 1. The fourth-order valence-corrected chi connectivity index (χ4v) is 6.17. The quantitative estimate of drug-likeness (QED) is 0.770. The van der Waals surface area contributed by atoms with Crippen molar-refractivity contribution in [2.45, 2.75) is 42.2 Å². The average Bonchev–Trinajstić information content (AvgIpc) is 3.18. The van der Waals surface area contributed by atoms with E-state index in [4.69, 9.17) is 0 Å². The van der Waals surface area contributed by atoms with E-state index >= 15 is 0 Å². The van der Waals surface area contributed by atoms with Crippen molar-refractivity contribution in [3.8, 4) is 6.07 Å². The van der Waals surface area contributed by atoms with E-state index in [2.05, 4.69) is 6.07 Å². The zero-order valence-corrected chi connectivity index (χ0v) is 16.4. The Balaban J connectivity index is 1.65. The Hall–Kier alpha value is -2.63. The largest absolute Gasteiger partial charge is 0.478 e. The number of thiophene rings is 1. The topological polar surface area (TPSA) is 98.5 Å². The minimum atomic E-state index is -1.07. The van der Waals surface area contributed by atoms with Gasteiger partial charge in [-0.1, -0.05) is 12.1 Å². The van der Waals surface area contributed by atoms with E-state index in [0.29, 0.717) is 15.5 Å². The number of nitrogens with zero attached hydrogens (tertiary/aromatic N) is 2. The number of carbonyl (C=O) groups is 3. The highest BCUT2D eigenvalue weighted by Gasteiger charge is 2.43. The molecule has 4 rings (SSSR count). The number of aryl methyl sites for hydroxylation is 1. The van der Waals surface area contributed by atoms with Gasteiger partial charge in [0.15, 0.2) is 0 Å².